The smallest absolute Gasteiger partial charge is 0.122 e. The molecule has 1 aliphatic heterocycles. The Balaban J connectivity index is 1.76. The van der Waals surface area contributed by atoms with Crippen molar-refractivity contribution in [3.05, 3.63) is 24.5 Å². The third-order valence-corrected chi connectivity index (χ3v) is 2.53. The molecule has 3 heteroatoms. The summed E-state index contributed by atoms with van der Waals surface area (Å²) in [5.74, 6) is 1.59. The Hall–Kier alpha value is -1.09. The molecule has 1 aliphatic rings. The zero-order valence-corrected chi connectivity index (χ0v) is 8.28. The highest BCUT2D eigenvalue weighted by Gasteiger charge is 2.13. The van der Waals surface area contributed by atoms with Gasteiger partial charge in [-0.25, -0.2) is 0 Å². The number of pyridine rings is 1. The van der Waals surface area contributed by atoms with E-state index >= 15 is 0 Å². The Bertz CT molecular complexity index is 257. The van der Waals surface area contributed by atoms with Gasteiger partial charge in [-0.1, -0.05) is 0 Å². The maximum atomic E-state index is 5.67. The summed E-state index contributed by atoms with van der Waals surface area (Å²) in [5.41, 5.74) is 0. The van der Waals surface area contributed by atoms with Gasteiger partial charge in [0.25, 0.3) is 0 Å². The van der Waals surface area contributed by atoms with Crippen molar-refractivity contribution in [2.45, 2.75) is 12.8 Å². The van der Waals surface area contributed by atoms with Crippen molar-refractivity contribution in [3.63, 3.8) is 0 Å². The number of nitrogens with zero attached hydrogens (tertiary/aromatic N) is 1. The molecule has 2 rings (SSSR count). The number of ether oxygens (including phenoxy) is 1. The summed E-state index contributed by atoms with van der Waals surface area (Å²) in [7, 11) is 0. The molecule has 0 spiro atoms. The van der Waals surface area contributed by atoms with Gasteiger partial charge in [0.05, 0.1) is 6.61 Å². The quantitative estimate of drug-likeness (QED) is 0.787. The predicted molar refractivity (Wildman–Crippen MR) is 55.3 cm³/mol. The zero-order valence-electron chi connectivity index (χ0n) is 8.28. The van der Waals surface area contributed by atoms with Crippen LogP contribution in [0.3, 0.4) is 0 Å². The maximum absolute atomic E-state index is 5.67. The highest BCUT2D eigenvalue weighted by Crippen LogP contribution is 2.13. The summed E-state index contributed by atoms with van der Waals surface area (Å²) in [6.07, 6.45) is 6.06. The summed E-state index contributed by atoms with van der Waals surface area (Å²) < 4.78 is 5.67. The number of aromatic nitrogens is 1. The van der Waals surface area contributed by atoms with Gasteiger partial charge in [0.2, 0.25) is 0 Å². The molecule has 2 heterocycles. The minimum Gasteiger partial charge on any atom is -0.493 e. The minimum absolute atomic E-state index is 0.664. The molecule has 1 saturated heterocycles. The Kier molecular flexibility index (Phi) is 3.35. The highest BCUT2D eigenvalue weighted by molar-refractivity contribution is 5.16. The van der Waals surface area contributed by atoms with Crippen LogP contribution in [0.1, 0.15) is 12.8 Å². The Morgan fingerprint density at radius 1 is 1.43 bits per heavy atom. The van der Waals surface area contributed by atoms with Crippen molar-refractivity contribution in [2.24, 2.45) is 5.92 Å². The van der Waals surface area contributed by atoms with Crippen LogP contribution < -0.4 is 10.1 Å². The van der Waals surface area contributed by atoms with Crippen LogP contribution in [-0.2, 0) is 0 Å². The lowest BCUT2D eigenvalue weighted by Gasteiger charge is -2.22. The lowest BCUT2D eigenvalue weighted by molar-refractivity contribution is 0.218. The zero-order chi connectivity index (χ0) is 9.64. The molecular formula is C11H16N2O. The first-order chi connectivity index (χ1) is 6.95. The van der Waals surface area contributed by atoms with E-state index in [1.807, 2.05) is 12.1 Å². The van der Waals surface area contributed by atoms with Crippen molar-refractivity contribution in [1.29, 1.82) is 0 Å². The first-order valence-corrected chi connectivity index (χ1v) is 5.19. The van der Waals surface area contributed by atoms with Gasteiger partial charge in [-0.05, 0) is 31.5 Å². The summed E-state index contributed by atoms with van der Waals surface area (Å²) in [5, 5.41) is 3.38. The summed E-state index contributed by atoms with van der Waals surface area (Å²) in [6.45, 7) is 3.06. The number of nitrogens with one attached hydrogen (secondary N) is 1. The number of rotatable bonds is 3. The molecule has 1 fully saturated rings. The molecule has 1 unspecified atom stereocenters. The molecular weight excluding hydrogens is 176 g/mol. The van der Waals surface area contributed by atoms with Crippen molar-refractivity contribution < 1.29 is 4.74 Å². The molecule has 0 aliphatic carbocycles. The Morgan fingerprint density at radius 3 is 3.00 bits per heavy atom. The molecule has 1 atom stereocenters. The molecule has 3 nitrogen and oxygen atoms in total. The van der Waals surface area contributed by atoms with Crippen LogP contribution in [0.25, 0.3) is 0 Å². The fourth-order valence-electron chi connectivity index (χ4n) is 1.71. The molecule has 14 heavy (non-hydrogen) atoms. The van der Waals surface area contributed by atoms with Crippen molar-refractivity contribution in [2.75, 3.05) is 19.7 Å². The van der Waals surface area contributed by atoms with Crippen molar-refractivity contribution >= 4 is 0 Å². The molecule has 0 aromatic carbocycles. The molecule has 1 aromatic heterocycles. The van der Waals surface area contributed by atoms with Gasteiger partial charge < -0.3 is 10.1 Å². The second kappa shape index (κ2) is 4.96. The van der Waals surface area contributed by atoms with Gasteiger partial charge in [0, 0.05) is 24.9 Å². The summed E-state index contributed by atoms with van der Waals surface area (Å²) in [4.78, 5) is 3.95. The van der Waals surface area contributed by atoms with E-state index in [0.717, 1.165) is 25.4 Å². The lowest BCUT2D eigenvalue weighted by atomic mass is 10.0. The standard InChI is InChI=1S/C11H16N2O/c1-2-10(8-13-5-1)9-14-11-3-6-12-7-4-11/h3-4,6-7,10,13H,1-2,5,8-9H2. The van der Waals surface area contributed by atoms with Crippen LogP contribution in [0.2, 0.25) is 0 Å². The van der Waals surface area contributed by atoms with Gasteiger partial charge in [-0.3, -0.25) is 4.98 Å². The molecule has 1 N–H and O–H groups in total. The molecule has 0 saturated carbocycles. The van der Waals surface area contributed by atoms with Crippen LogP contribution in [0.5, 0.6) is 5.75 Å². The first-order valence-electron chi connectivity index (χ1n) is 5.19. The number of piperidine rings is 1. The second-order valence-electron chi connectivity index (χ2n) is 3.71. The summed E-state index contributed by atoms with van der Waals surface area (Å²) in [6, 6.07) is 3.80. The van der Waals surface area contributed by atoms with Crippen LogP contribution >= 0.6 is 0 Å². The normalized spacial score (nSPS) is 21.9. The van der Waals surface area contributed by atoms with Crippen LogP contribution in [0.4, 0.5) is 0 Å². The van der Waals surface area contributed by atoms with Gasteiger partial charge in [-0.2, -0.15) is 0 Å². The van der Waals surface area contributed by atoms with Crippen molar-refractivity contribution in [1.82, 2.24) is 10.3 Å². The van der Waals surface area contributed by atoms with E-state index in [4.69, 9.17) is 4.74 Å². The van der Waals surface area contributed by atoms with Crippen LogP contribution in [0, 0.1) is 5.92 Å². The molecule has 0 amide bonds. The highest BCUT2D eigenvalue weighted by atomic mass is 16.5. The average Bonchev–Trinajstić information content (AvgIpc) is 2.29. The van der Waals surface area contributed by atoms with E-state index in [0.29, 0.717) is 5.92 Å². The lowest BCUT2D eigenvalue weighted by Crippen LogP contribution is -2.33. The monoisotopic (exact) mass is 192 g/mol. The number of hydrogen-bond donors (Lipinski definition) is 1. The molecule has 76 valence electrons. The van der Waals surface area contributed by atoms with Gasteiger partial charge in [0.15, 0.2) is 0 Å². The average molecular weight is 192 g/mol. The van der Waals surface area contributed by atoms with E-state index in [9.17, 15) is 0 Å². The predicted octanol–water partition coefficient (Wildman–Crippen LogP) is 1.46. The van der Waals surface area contributed by atoms with E-state index in [-0.39, 0.29) is 0 Å². The van der Waals surface area contributed by atoms with Crippen LogP contribution in [0.15, 0.2) is 24.5 Å². The Labute approximate surface area is 84.5 Å². The molecule has 1 aromatic rings. The van der Waals surface area contributed by atoms with Gasteiger partial charge >= 0.3 is 0 Å². The fourth-order valence-corrected chi connectivity index (χ4v) is 1.71. The largest absolute Gasteiger partial charge is 0.493 e. The fraction of sp³-hybridized carbons (Fsp3) is 0.545. The summed E-state index contributed by atoms with van der Waals surface area (Å²) >= 11 is 0. The molecule has 0 bridgehead atoms. The molecule has 0 radical (unpaired) electrons. The van der Waals surface area contributed by atoms with E-state index in [1.54, 1.807) is 12.4 Å². The third-order valence-electron chi connectivity index (χ3n) is 2.53. The number of hydrogen-bond acceptors (Lipinski definition) is 3. The van der Waals surface area contributed by atoms with Gasteiger partial charge in [-0.15, -0.1) is 0 Å². The maximum Gasteiger partial charge on any atom is 0.122 e. The first kappa shape index (κ1) is 9.46. The Morgan fingerprint density at radius 2 is 2.29 bits per heavy atom. The third kappa shape index (κ3) is 2.70. The van der Waals surface area contributed by atoms with Crippen LogP contribution in [-0.4, -0.2) is 24.7 Å². The van der Waals surface area contributed by atoms with E-state index < -0.39 is 0 Å². The van der Waals surface area contributed by atoms with Gasteiger partial charge in [0.1, 0.15) is 5.75 Å². The topological polar surface area (TPSA) is 34.1 Å². The second-order valence-corrected chi connectivity index (χ2v) is 3.71. The van der Waals surface area contributed by atoms with E-state index in [2.05, 4.69) is 10.3 Å². The SMILES string of the molecule is c1cc(OCC2CCCNC2)ccn1. The van der Waals surface area contributed by atoms with E-state index in [1.165, 1.54) is 12.8 Å². The minimum atomic E-state index is 0.664. The van der Waals surface area contributed by atoms with Crippen molar-refractivity contribution in [3.8, 4) is 5.75 Å².